The average Bonchev–Trinajstić information content (AvgIpc) is 2.69. The van der Waals surface area contributed by atoms with Crippen LogP contribution in [-0.4, -0.2) is 9.59 Å². The van der Waals surface area contributed by atoms with Gasteiger partial charge in [-0.1, -0.05) is 4.49 Å². The van der Waals surface area contributed by atoms with E-state index < -0.39 is 5.60 Å². The van der Waals surface area contributed by atoms with Crippen LogP contribution in [0.5, 0.6) is 5.75 Å². The molecule has 0 N–H and O–H groups in total. The minimum atomic E-state index is -0.450. The fourth-order valence-corrected chi connectivity index (χ4v) is 2.56. The monoisotopic (exact) mass is 236 g/mol. The lowest BCUT2D eigenvalue weighted by Gasteiger charge is -2.30. The summed E-state index contributed by atoms with van der Waals surface area (Å²) in [7, 11) is 0. The summed E-state index contributed by atoms with van der Waals surface area (Å²) in [5, 5.41) is 4.06. The molecule has 0 spiro atoms. The van der Waals surface area contributed by atoms with Gasteiger partial charge in [0.15, 0.2) is 0 Å². The van der Waals surface area contributed by atoms with E-state index in [-0.39, 0.29) is 5.82 Å². The van der Waals surface area contributed by atoms with Gasteiger partial charge in [0.05, 0.1) is 4.88 Å². The normalized spacial score (nSPS) is 16.2. The molecule has 0 aliphatic carbocycles. The molecular formula is C11H9FN2OS. The summed E-state index contributed by atoms with van der Waals surface area (Å²) in [4.78, 5) is 0.936. The summed E-state index contributed by atoms with van der Waals surface area (Å²) in [6.45, 7) is 3.91. The molecule has 0 radical (unpaired) electrons. The summed E-state index contributed by atoms with van der Waals surface area (Å²) < 4.78 is 22.9. The third-order valence-corrected chi connectivity index (χ3v) is 3.63. The summed E-state index contributed by atoms with van der Waals surface area (Å²) in [5.74, 6) is 0.368. The van der Waals surface area contributed by atoms with Crippen molar-refractivity contribution in [3.05, 3.63) is 28.9 Å². The molecule has 0 atom stereocenters. The number of halogens is 1. The first-order valence-corrected chi connectivity index (χ1v) is 5.67. The molecule has 2 heterocycles. The van der Waals surface area contributed by atoms with Crippen molar-refractivity contribution < 1.29 is 9.13 Å². The molecule has 3 nitrogen and oxygen atoms in total. The van der Waals surface area contributed by atoms with E-state index in [9.17, 15) is 4.39 Å². The molecule has 0 amide bonds. The lowest BCUT2D eigenvalue weighted by atomic mass is 9.97. The van der Waals surface area contributed by atoms with Gasteiger partial charge in [-0.25, -0.2) is 4.39 Å². The molecule has 0 saturated heterocycles. The Kier molecular flexibility index (Phi) is 1.83. The van der Waals surface area contributed by atoms with Gasteiger partial charge in [-0.05, 0) is 43.6 Å². The molecule has 2 aromatic rings. The van der Waals surface area contributed by atoms with E-state index in [1.165, 1.54) is 23.7 Å². The molecule has 5 heteroatoms. The second kappa shape index (κ2) is 3.01. The van der Waals surface area contributed by atoms with Crippen LogP contribution in [0.1, 0.15) is 18.7 Å². The highest BCUT2D eigenvalue weighted by atomic mass is 32.1. The van der Waals surface area contributed by atoms with Gasteiger partial charge in [0.1, 0.15) is 22.9 Å². The van der Waals surface area contributed by atoms with Crippen molar-refractivity contribution in [2.45, 2.75) is 19.4 Å². The van der Waals surface area contributed by atoms with Crippen LogP contribution in [0.25, 0.3) is 11.3 Å². The van der Waals surface area contributed by atoms with Crippen LogP contribution in [0.4, 0.5) is 4.39 Å². The highest BCUT2D eigenvalue weighted by Gasteiger charge is 2.36. The molecule has 0 bridgehead atoms. The first kappa shape index (κ1) is 9.72. The third kappa shape index (κ3) is 1.24. The van der Waals surface area contributed by atoms with Crippen molar-refractivity contribution in [1.29, 1.82) is 0 Å². The SMILES string of the molecule is CC1(C)Oc2ccc(F)cc2-c2nnsc21. The molecule has 1 aliphatic heterocycles. The molecule has 1 aromatic carbocycles. The zero-order valence-corrected chi connectivity index (χ0v) is 9.64. The minimum absolute atomic E-state index is 0.291. The van der Waals surface area contributed by atoms with E-state index >= 15 is 0 Å². The predicted molar refractivity (Wildman–Crippen MR) is 59.0 cm³/mol. The first-order valence-electron chi connectivity index (χ1n) is 4.90. The van der Waals surface area contributed by atoms with Gasteiger partial charge in [0.2, 0.25) is 0 Å². The van der Waals surface area contributed by atoms with Gasteiger partial charge < -0.3 is 4.74 Å². The Labute approximate surface area is 96.0 Å². The third-order valence-electron chi connectivity index (χ3n) is 2.60. The van der Waals surface area contributed by atoms with E-state index in [1.807, 2.05) is 13.8 Å². The molecule has 0 unspecified atom stereocenters. The average molecular weight is 236 g/mol. The van der Waals surface area contributed by atoms with Crippen molar-refractivity contribution in [3.8, 4) is 17.0 Å². The van der Waals surface area contributed by atoms with Gasteiger partial charge in [-0.3, -0.25) is 0 Å². The second-order valence-electron chi connectivity index (χ2n) is 4.20. The number of aromatic nitrogens is 2. The number of benzene rings is 1. The van der Waals surface area contributed by atoms with Gasteiger partial charge in [0.25, 0.3) is 0 Å². The quantitative estimate of drug-likeness (QED) is 0.705. The fraction of sp³-hybridized carbons (Fsp3) is 0.273. The largest absolute Gasteiger partial charge is 0.481 e. The molecule has 16 heavy (non-hydrogen) atoms. The van der Waals surface area contributed by atoms with Crippen LogP contribution < -0.4 is 4.74 Å². The van der Waals surface area contributed by atoms with Crippen LogP contribution in [0.3, 0.4) is 0 Å². The molecule has 0 saturated carbocycles. The Morgan fingerprint density at radius 3 is 3.00 bits per heavy atom. The highest BCUT2D eigenvalue weighted by molar-refractivity contribution is 7.06. The Bertz CT molecular complexity index is 565. The zero-order chi connectivity index (χ0) is 11.3. The smallest absolute Gasteiger partial charge is 0.141 e. The van der Waals surface area contributed by atoms with Crippen molar-refractivity contribution in [1.82, 2.24) is 9.59 Å². The van der Waals surface area contributed by atoms with Crippen molar-refractivity contribution >= 4 is 11.5 Å². The number of rotatable bonds is 0. The Morgan fingerprint density at radius 2 is 2.19 bits per heavy atom. The van der Waals surface area contributed by atoms with E-state index in [1.54, 1.807) is 6.07 Å². The van der Waals surface area contributed by atoms with Crippen LogP contribution in [0.2, 0.25) is 0 Å². The lowest BCUT2D eigenvalue weighted by Crippen LogP contribution is -2.28. The van der Waals surface area contributed by atoms with Crippen LogP contribution in [0, 0.1) is 5.82 Å². The van der Waals surface area contributed by atoms with Gasteiger partial charge in [-0.2, -0.15) is 0 Å². The fourth-order valence-electron chi connectivity index (χ4n) is 1.86. The topological polar surface area (TPSA) is 35.0 Å². The number of hydrogen-bond acceptors (Lipinski definition) is 4. The highest BCUT2D eigenvalue weighted by Crippen LogP contribution is 2.45. The number of ether oxygens (including phenoxy) is 1. The maximum Gasteiger partial charge on any atom is 0.141 e. The standard InChI is InChI=1S/C11H9FN2OS/c1-11(2)10-9(13-14-16-10)7-5-6(12)3-4-8(7)15-11/h3-5H,1-2H3. The van der Waals surface area contributed by atoms with E-state index in [2.05, 4.69) is 9.59 Å². The summed E-state index contributed by atoms with van der Waals surface area (Å²) in [6, 6.07) is 4.46. The molecule has 82 valence electrons. The second-order valence-corrected chi connectivity index (χ2v) is 4.96. The summed E-state index contributed by atoms with van der Waals surface area (Å²) >= 11 is 1.29. The summed E-state index contributed by atoms with van der Waals surface area (Å²) in [6.07, 6.45) is 0. The van der Waals surface area contributed by atoms with E-state index in [0.29, 0.717) is 11.3 Å². The summed E-state index contributed by atoms with van der Waals surface area (Å²) in [5.41, 5.74) is 0.966. The minimum Gasteiger partial charge on any atom is -0.481 e. The number of fused-ring (bicyclic) bond motifs is 3. The van der Waals surface area contributed by atoms with Crippen LogP contribution in [0.15, 0.2) is 18.2 Å². The van der Waals surface area contributed by atoms with Gasteiger partial charge in [0, 0.05) is 5.56 Å². The van der Waals surface area contributed by atoms with Crippen molar-refractivity contribution in [3.63, 3.8) is 0 Å². The molecule has 1 aromatic heterocycles. The Morgan fingerprint density at radius 1 is 1.38 bits per heavy atom. The molecule has 3 rings (SSSR count). The molecular weight excluding hydrogens is 227 g/mol. The molecule has 0 fully saturated rings. The lowest BCUT2D eigenvalue weighted by molar-refractivity contribution is 0.109. The zero-order valence-electron chi connectivity index (χ0n) is 8.82. The van der Waals surface area contributed by atoms with E-state index in [4.69, 9.17) is 4.74 Å². The maximum atomic E-state index is 13.2. The molecule has 1 aliphatic rings. The Balaban J connectivity index is 2.31. The number of nitrogens with zero attached hydrogens (tertiary/aromatic N) is 2. The van der Waals surface area contributed by atoms with Gasteiger partial charge in [-0.15, -0.1) is 5.10 Å². The van der Waals surface area contributed by atoms with Crippen molar-refractivity contribution in [2.75, 3.05) is 0 Å². The van der Waals surface area contributed by atoms with Crippen LogP contribution >= 0.6 is 11.5 Å². The maximum absolute atomic E-state index is 13.2. The Hall–Kier alpha value is -1.49. The van der Waals surface area contributed by atoms with Gasteiger partial charge >= 0.3 is 0 Å². The van der Waals surface area contributed by atoms with Crippen LogP contribution in [-0.2, 0) is 5.60 Å². The van der Waals surface area contributed by atoms with E-state index in [0.717, 1.165) is 10.6 Å². The predicted octanol–water partition coefficient (Wildman–Crippen LogP) is 2.97. The number of hydrogen-bond donors (Lipinski definition) is 0. The van der Waals surface area contributed by atoms with Crippen molar-refractivity contribution in [2.24, 2.45) is 0 Å². The first-order chi connectivity index (χ1) is 7.58.